The van der Waals surface area contributed by atoms with Crippen molar-refractivity contribution in [3.8, 4) is 0 Å². The van der Waals surface area contributed by atoms with E-state index in [1.165, 1.54) is 25.7 Å². The summed E-state index contributed by atoms with van der Waals surface area (Å²) in [4.78, 5) is 47.1. The highest BCUT2D eigenvalue weighted by Gasteiger charge is 2.27. The molecule has 344 valence electrons. The number of ketones is 1. The molecule has 0 saturated carbocycles. The van der Waals surface area contributed by atoms with Gasteiger partial charge in [0, 0.05) is 19.3 Å². The number of carbonyl (C=O) groups is 3. The first-order valence-corrected chi connectivity index (χ1v) is 24.1. The van der Waals surface area contributed by atoms with Gasteiger partial charge in [0.15, 0.2) is 11.9 Å². The summed E-state index contributed by atoms with van der Waals surface area (Å²) in [5.74, 6) is -0.842. The molecule has 0 fully saturated rings. The molecule has 0 bridgehead atoms. The quantitative estimate of drug-likeness (QED) is 0.0122. The van der Waals surface area contributed by atoms with E-state index in [-0.39, 0.29) is 31.8 Å². The van der Waals surface area contributed by atoms with E-state index >= 15 is 0 Å². The fraction of sp³-hybridized carbons (Fsp3) is 0.580. The fourth-order valence-corrected chi connectivity index (χ4v) is 5.92. The lowest BCUT2D eigenvalue weighted by atomic mass is 10.1. The Morgan fingerprint density at radius 1 is 0.557 bits per heavy atom. The number of allylic oxidation sites excluding steroid dienone is 18. The third kappa shape index (κ3) is 44.2. The molecule has 1 unspecified atom stereocenters. The van der Waals surface area contributed by atoms with Crippen LogP contribution in [0.15, 0.2) is 109 Å². The van der Waals surface area contributed by atoms with Crippen LogP contribution in [0.25, 0.3) is 0 Å². The number of unbranched alkanes of at least 4 members (excludes halogenated alkanes) is 6. The van der Waals surface area contributed by atoms with E-state index in [4.69, 9.17) is 18.5 Å². The summed E-state index contributed by atoms with van der Waals surface area (Å²) in [6.45, 7) is 4.03. The SMILES string of the molecule is CCCCC/C=C\C/C=C\C/C=C\C/C=C\C/C=C\CCC(=O)O[C@H](COC(=O)CCC/C=C\C/C=C\C/C=C\C=C\C(=O)CCCCC)COP(=O)(O)OCC[N+](C)(C)C. The third-order valence-corrected chi connectivity index (χ3v) is 9.75. The van der Waals surface area contributed by atoms with Crippen molar-refractivity contribution in [2.24, 2.45) is 0 Å². The Bertz CT molecular complexity index is 1460. The molecule has 0 amide bonds. The molecule has 2 atom stereocenters. The highest BCUT2D eigenvalue weighted by molar-refractivity contribution is 7.47. The normalized spacial score (nSPS) is 14.5. The second-order valence-electron chi connectivity index (χ2n) is 15.8. The molecule has 0 aromatic carbocycles. The zero-order valence-electron chi connectivity index (χ0n) is 38.3. The number of phosphoric acid groups is 1. The molecule has 0 aromatic rings. The van der Waals surface area contributed by atoms with Gasteiger partial charge in [-0.05, 0) is 83.1 Å². The van der Waals surface area contributed by atoms with Crippen LogP contribution in [0.1, 0.15) is 136 Å². The Hall–Kier alpha value is -3.66. The van der Waals surface area contributed by atoms with Gasteiger partial charge in [0.1, 0.15) is 19.8 Å². The molecule has 1 N–H and O–H groups in total. The predicted octanol–water partition coefficient (Wildman–Crippen LogP) is 12.3. The molecule has 0 radical (unpaired) electrons. The molecule has 11 heteroatoms. The van der Waals surface area contributed by atoms with Gasteiger partial charge in [0.2, 0.25) is 0 Å². The molecule has 0 aliphatic carbocycles. The summed E-state index contributed by atoms with van der Waals surface area (Å²) < 4.78 is 34.1. The van der Waals surface area contributed by atoms with Crippen molar-refractivity contribution < 1.29 is 46.8 Å². The third-order valence-electron chi connectivity index (χ3n) is 8.77. The van der Waals surface area contributed by atoms with Crippen LogP contribution in [0.3, 0.4) is 0 Å². The summed E-state index contributed by atoms with van der Waals surface area (Å²) in [5.41, 5.74) is 0. The summed E-state index contributed by atoms with van der Waals surface area (Å²) in [5, 5.41) is 0. The van der Waals surface area contributed by atoms with E-state index in [0.717, 1.165) is 57.8 Å². The van der Waals surface area contributed by atoms with Crippen LogP contribution in [0.4, 0.5) is 0 Å². The lowest BCUT2D eigenvalue weighted by Crippen LogP contribution is -2.37. The number of likely N-dealkylation sites (N-methyl/N-ethyl adjacent to an activating group) is 1. The first-order chi connectivity index (χ1) is 29.4. The largest absolute Gasteiger partial charge is 0.472 e. The molecule has 0 saturated heterocycles. The number of esters is 2. The maximum Gasteiger partial charge on any atom is 0.472 e. The number of phosphoric ester groups is 1. The first kappa shape index (κ1) is 57.3. The van der Waals surface area contributed by atoms with Crippen molar-refractivity contribution in [1.82, 2.24) is 0 Å². The van der Waals surface area contributed by atoms with Gasteiger partial charge in [-0.3, -0.25) is 23.4 Å². The van der Waals surface area contributed by atoms with Crippen LogP contribution in [0.5, 0.6) is 0 Å². The predicted molar refractivity (Wildman–Crippen MR) is 252 cm³/mol. The van der Waals surface area contributed by atoms with E-state index < -0.39 is 32.5 Å². The molecule has 61 heavy (non-hydrogen) atoms. The molecule has 0 aliphatic heterocycles. The zero-order chi connectivity index (χ0) is 45.1. The van der Waals surface area contributed by atoms with Crippen molar-refractivity contribution in [3.63, 3.8) is 0 Å². The van der Waals surface area contributed by atoms with Crippen molar-refractivity contribution in [3.05, 3.63) is 109 Å². The molecular weight excluding hydrogens is 790 g/mol. The van der Waals surface area contributed by atoms with Crippen LogP contribution in [-0.2, 0) is 37.5 Å². The van der Waals surface area contributed by atoms with Crippen LogP contribution < -0.4 is 0 Å². The van der Waals surface area contributed by atoms with Crippen LogP contribution >= 0.6 is 7.82 Å². The van der Waals surface area contributed by atoms with Gasteiger partial charge in [-0.1, -0.05) is 143 Å². The number of rotatable bonds is 39. The van der Waals surface area contributed by atoms with Crippen LogP contribution in [0, 0.1) is 0 Å². The Morgan fingerprint density at radius 2 is 1.07 bits per heavy atom. The number of hydrogen-bond donors (Lipinski definition) is 1. The van der Waals surface area contributed by atoms with E-state index in [0.29, 0.717) is 36.7 Å². The summed E-state index contributed by atoms with van der Waals surface area (Å²) in [7, 11) is 1.35. The number of hydrogen-bond acceptors (Lipinski definition) is 8. The maximum absolute atomic E-state index is 12.7. The second kappa shape index (κ2) is 40.4. The molecule has 0 aromatic heterocycles. The highest BCUT2D eigenvalue weighted by atomic mass is 31.2. The van der Waals surface area contributed by atoms with E-state index in [1.54, 1.807) is 12.2 Å². The Labute approximate surface area is 370 Å². The molecule has 10 nitrogen and oxygen atoms in total. The average Bonchev–Trinajstić information content (AvgIpc) is 3.21. The first-order valence-electron chi connectivity index (χ1n) is 22.6. The smallest absolute Gasteiger partial charge is 0.462 e. The van der Waals surface area contributed by atoms with E-state index in [9.17, 15) is 23.8 Å². The molecule has 0 heterocycles. The minimum atomic E-state index is -4.43. The van der Waals surface area contributed by atoms with Crippen LogP contribution in [0.2, 0.25) is 0 Å². The minimum absolute atomic E-state index is 0.00653. The van der Waals surface area contributed by atoms with Crippen molar-refractivity contribution in [2.75, 3.05) is 47.5 Å². The van der Waals surface area contributed by atoms with Gasteiger partial charge in [-0.2, -0.15) is 0 Å². The van der Waals surface area contributed by atoms with Gasteiger partial charge in [-0.25, -0.2) is 4.57 Å². The standard InChI is InChI=1S/C50H80NO9P/c1-6-8-10-11-12-13-14-15-16-17-18-19-20-21-24-28-31-34-38-42-50(54)60-48(46-59-61(55,56)58-44-43-51(3,4)5)45-57-49(53)41-37-33-30-27-25-22-23-26-29-32-36-40-47(52)39-35-9-7-2/h12-13,15-16,18-19,21-24,27,29-32,34,36,40,48H,6-11,14,17,20,25-26,28,33,35,37-39,41-46H2,1-5H3/p+1/b13-12-,16-15-,19-18-,23-22-,24-21-,30-27-,32-29-,34-31-,40-36+/t48-/m1/s1. The topological polar surface area (TPSA) is 125 Å². The second-order valence-corrected chi connectivity index (χ2v) is 17.2. The molecular formula is C50H81NO9P+. The monoisotopic (exact) mass is 871 g/mol. The number of nitrogens with zero attached hydrogens (tertiary/aromatic N) is 1. The zero-order valence-corrected chi connectivity index (χ0v) is 39.2. The summed E-state index contributed by atoms with van der Waals surface area (Å²) >= 11 is 0. The lowest BCUT2D eigenvalue weighted by molar-refractivity contribution is -0.870. The maximum atomic E-state index is 12.7. The minimum Gasteiger partial charge on any atom is -0.462 e. The lowest BCUT2D eigenvalue weighted by Gasteiger charge is -2.24. The molecule has 0 aliphatic rings. The van der Waals surface area contributed by atoms with Gasteiger partial charge >= 0.3 is 19.8 Å². The van der Waals surface area contributed by atoms with Gasteiger partial charge in [0.25, 0.3) is 0 Å². The molecule has 0 spiro atoms. The number of quaternary nitrogens is 1. The van der Waals surface area contributed by atoms with Gasteiger partial charge in [0.05, 0.1) is 27.7 Å². The Kier molecular flexibility index (Phi) is 38.0. The van der Waals surface area contributed by atoms with E-state index in [2.05, 4.69) is 74.6 Å². The number of carbonyl (C=O) groups excluding carboxylic acids is 3. The highest BCUT2D eigenvalue weighted by Crippen LogP contribution is 2.43. The fourth-order valence-electron chi connectivity index (χ4n) is 5.18. The average molecular weight is 871 g/mol. The van der Waals surface area contributed by atoms with E-state index in [1.807, 2.05) is 57.6 Å². The Balaban J connectivity index is 4.63. The molecule has 0 rings (SSSR count). The van der Waals surface area contributed by atoms with Crippen LogP contribution in [-0.4, -0.2) is 80.7 Å². The van der Waals surface area contributed by atoms with Crippen molar-refractivity contribution in [1.29, 1.82) is 0 Å². The summed E-state index contributed by atoms with van der Waals surface area (Å²) in [6, 6.07) is 0. The van der Waals surface area contributed by atoms with Gasteiger partial charge < -0.3 is 18.9 Å². The summed E-state index contributed by atoms with van der Waals surface area (Å²) in [6.07, 6.45) is 51.4. The Morgan fingerprint density at radius 3 is 1.62 bits per heavy atom. The van der Waals surface area contributed by atoms with Crippen molar-refractivity contribution in [2.45, 2.75) is 142 Å². The van der Waals surface area contributed by atoms with Gasteiger partial charge in [-0.15, -0.1) is 0 Å². The van der Waals surface area contributed by atoms with Crippen molar-refractivity contribution >= 4 is 25.5 Å². The number of ether oxygens (including phenoxy) is 2.